The number of fused-ring (bicyclic) bond motifs is 1. The minimum absolute atomic E-state index is 0.234. The maximum absolute atomic E-state index is 7.24. The van der Waals surface area contributed by atoms with E-state index in [0.29, 0.717) is 6.42 Å². The fraction of sp³-hybridized carbons (Fsp3) is 0.529. The quantitative estimate of drug-likeness (QED) is 0.629. The highest BCUT2D eigenvalue weighted by Gasteiger charge is 2.37. The Morgan fingerprint density at radius 3 is 2.41 bits per heavy atom. The lowest BCUT2D eigenvalue weighted by molar-refractivity contribution is 0.330. The average molecular weight is 225 g/mol. The minimum Gasteiger partial charge on any atom is -0.0843 e. The molecule has 1 aromatic rings. The van der Waals surface area contributed by atoms with Crippen LogP contribution in [0.5, 0.6) is 0 Å². The van der Waals surface area contributed by atoms with E-state index in [-0.39, 0.29) is 10.8 Å². The van der Waals surface area contributed by atoms with Gasteiger partial charge < -0.3 is 0 Å². The summed E-state index contributed by atoms with van der Waals surface area (Å²) in [6.07, 6.45) is 10.3. The summed E-state index contributed by atoms with van der Waals surface area (Å²) in [5.74, 6) is 2.55. The Bertz CT molecular complexity index is 469. The highest BCUT2D eigenvalue weighted by Crippen LogP contribution is 2.46. The summed E-state index contributed by atoms with van der Waals surface area (Å²) in [5, 5.41) is 0. The smallest absolute Gasteiger partial charge is 0.0353 e. The van der Waals surface area contributed by atoms with E-state index in [9.17, 15) is 0 Å². The van der Waals surface area contributed by atoms with Crippen molar-refractivity contribution < 1.29 is 0 Å². The molecule has 0 aromatic heterocycles. The van der Waals surface area contributed by atoms with Crippen molar-refractivity contribution in [2.45, 2.75) is 57.8 Å². The van der Waals surface area contributed by atoms with Gasteiger partial charge in [0.2, 0.25) is 0 Å². The first-order chi connectivity index (χ1) is 7.88. The van der Waals surface area contributed by atoms with E-state index in [1.165, 1.54) is 29.5 Å². The first-order valence-corrected chi connectivity index (χ1v) is 6.41. The fourth-order valence-corrected chi connectivity index (χ4v) is 3.09. The van der Waals surface area contributed by atoms with Crippen LogP contribution >= 0.6 is 0 Å². The second-order valence-corrected chi connectivity index (χ2v) is 6.46. The average Bonchev–Trinajstić information content (AvgIpc) is 2.25. The maximum atomic E-state index is 7.24. The van der Waals surface area contributed by atoms with Crippen molar-refractivity contribution in [2.24, 2.45) is 0 Å². The van der Waals surface area contributed by atoms with Gasteiger partial charge in [0.05, 0.1) is 0 Å². The molecule has 0 atom stereocenters. The zero-order valence-electron chi connectivity index (χ0n) is 11.4. The summed E-state index contributed by atoms with van der Waals surface area (Å²) in [5.41, 5.74) is 4.73. The molecule has 17 heavy (non-hydrogen) atoms. The van der Waals surface area contributed by atoms with Crippen LogP contribution in [0.25, 0.3) is 0 Å². The van der Waals surface area contributed by atoms with Gasteiger partial charge >= 0.3 is 0 Å². The van der Waals surface area contributed by atoms with E-state index in [0.717, 1.165) is 0 Å². The molecular weight excluding hydrogens is 204 g/mol. The molecule has 0 saturated carbocycles. The van der Waals surface area contributed by atoms with Gasteiger partial charge in [-0.3, -0.25) is 0 Å². The van der Waals surface area contributed by atoms with Crippen molar-refractivity contribution in [3.8, 4) is 5.92 Å². The summed E-state index contributed by atoms with van der Waals surface area (Å²) in [4.78, 5) is 0. The molecule has 0 N–H and O–H groups in total. The van der Waals surface area contributed by atoms with Crippen molar-refractivity contribution in [1.29, 1.82) is 0 Å². The zero-order chi connectivity index (χ0) is 12.7. The van der Waals surface area contributed by atoms with Gasteiger partial charge in [-0.15, -0.1) is 0 Å². The molecule has 1 aliphatic rings. The van der Waals surface area contributed by atoms with E-state index >= 15 is 0 Å². The van der Waals surface area contributed by atoms with Crippen LogP contribution in [0.4, 0.5) is 0 Å². The second kappa shape index (κ2) is 3.91. The highest BCUT2D eigenvalue weighted by atomic mass is 14.4. The van der Waals surface area contributed by atoms with E-state index in [1.54, 1.807) is 0 Å². The lowest BCUT2D eigenvalue weighted by atomic mass is 9.62. The Hall–Kier alpha value is -1.22. The minimum atomic E-state index is 0.234. The molecule has 1 radical (unpaired) electrons. The van der Waals surface area contributed by atoms with Gasteiger partial charge in [-0.25, -0.2) is 0 Å². The Morgan fingerprint density at radius 2 is 1.76 bits per heavy atom. The third-order valence-corrected chi connectivity index (χ3v) is 4.21. The van der Waals surface area contributed by atoms with Crippen LogP contribution in [0.3, 0.4) is 0 Å². The van der Waals surface area contributed by atoms with Gasteiger partial charge in [-0.2, -0.15) is 0 Å². The van der Waals surface area contributed by atoms with Gasteiger partial charge in [0, 0.05) is 6.42 Å². The third kappa shape index (κ3) is 2.00. The molecular formula is C17H21. The van der Waals surface area contributed by atoms with Crippen molar-refractivity contribution in [2.75, 3.05) is 0 Å². The van der Waals surface area contributed by atoms with Crippen molar-refractivity contribution in [3.05, 3.63) is 41.3 Å². The number of benzene rings is 1. The second-order valence-electron chi connectivity index (χ2n) is 6.46. The maximum Gasteiger partial charge on any atom is 0.0353 e. The van der Waals surface area contributed by atoms with Crippen LogP contribution < -0.4 is 0 Å². The lowest BCUT2D eigenvalue weighted by Crippen LogP contribution is -2.34. The fourth-order valence-electron chi connectivity index (χ4n) is 3.09. The van der Waals surface area contributed by atoms with Crippen molar-refractivity contribution >= 4 is 0 Å². The monoisotopic (exact) mass is 225 g/mol. The normalized spacial score (nSPS) is 20.4. The largest absolute Gasteiger partial charge is 0.0843 e. The SMILES string of the molecule is [C]#CCc1cccc2c1C(C)(C)CCC2(C)C. The standard InChI is InChI=1S/C17H21/c1-6-8-13-9-7-10-14-15(13)17(4,5)12-11-16(14,2)3/h7,9-10H,8,11-12H2,2-5H3. The van der Waals surface area contributed by atoms with Crippen LogP contribution in [0.1, 0.15) is 57.2 Å². The molecule has 0 bridgehead atoms. The summed E-state index contributed by atoms with van der Waals surface area (Å²) >= 11 is 0. The first kappa shape index (κ1) is 12.2. The molecule has 0 unspecified atom stereocenters. The van der Waals surface area contributed by atoms with Crippen LogP contribution in [0.2, 0.25) is 0 Å². The molecule has 89 valence electrons. The summed E-state index contributed by atoms with van der Waals surface area (Å²) < 4.78 is 0. The molecule has 0 aliphatic heterocycles. The zero-order valence-corrected chi connectivity index (χ0v) is 11.4. The molecule has 1 aliphatic carbocycles. The lowest BCUT2D eigenvalue weighted by Gasteiger charge is -2.43. The molecule has 0 fully saturated rings. The Labute approximate surface area is 105 Å². The molecule has 2 rings (SSSR count). The van der Waals surface area contributed by atoms with E-state index in [1.807, 2.05) is 0 Å². The molecule has 0 saturated heterocycles. The van der Waals surface area contributed by atoms with Gasteiger partial charge in [-0.1, -0.05) is 51.8 Å². The Morgan fingerprint density at radius 1 is 1.12 bits per heavy atom. The van der Waals surface area contributed by atoms with E-state index in [2.05, 4.69) is 51.8 Å². The number of hydrogen-bond acceptors (Lipinski definition) is 0. The van der Waals surface area contributed by atoms with Crippen LogP contribution in [0, 0.1) is 12.3 Å². The van der Waals surface area contributed by atoms with Gasteiger partial charge in [0.25, 0.3) is 0 Å². The highest BCUT2D eigenvalue weighted by molar-refractivity contribution is 5.47. The predicted molar refractivity (Wildman–Crippen MR) is 72.6 cm³/mol. The third-order valence-electron chi connectivity index (χ3n) is 4.21. The Balaban J connectivity index is 2.68. The van der Waals surface area contributed by atoms with Crippen LogP contribution in [-0.4, -0.2) is 0 Å². The van der Waals surface area contributed by atoms with Crippen molar-refractivity contribution in [3.63, 3.8) is 0 Å². The topological polar surface area (TPSA) is 0 Å². The first-order valence-electron chi connectivity index (χ1n) is 6.41. The number of rotatable bonds is 1. The van der Waals surface area contributed by atoms with Crippen molar-refractivity contribution in [1.82, 2.24) is 0 Å². The summed E-state index contributed by atoms with van der Waals surface area (Å²) in [6, 6.07) is 6.56. The predicted octanol–water partition coefficient (Wildman–Crippen LogP) is 4.17. The van der Waals surface area contributed by atoms with Crippen LogP contribution in [-0.2, 0) is 17.3 Å². The van der Waals surface area contributed by atoms with E-state index in [4.69, 9.17) is 6.42 Å². The van der Waals surface area contributed by atoms with Gasteiger partial charge in [-0.05, 0) is 46.8 Å². The molecule has 0 amide bonds. The van der Waals surface area contributed by atoms with Crippen LogP contribution in [0.15, 0.2) is 18.2 Å². The molecule has 0 heteroatoms. The molecule has 0 nitrogen and oxygen atoms in total. The number of hydrogen-bond donors (Lipinski definition) is 0. The molecule has 1 aromatic carbocycles. The summed E-state index contributed by atoms with van der Waals surface area (Å²) in [7, 11) is 0. The molecule has 0 spiro atoms. The Kier molecular flexibility index (Phi) is 2.82. The van der Waals surface area contributed by atoms with Gasteiger partial charge in [0.15, 0.2) is 0 Å². The van der Waals surface area contributed by atoms with E-state index < -0.39 is 0 Å². The summed E-state index contributed by atoms with van der Waals surface area (Å²) in [6.45, 7) is 9.32. The van der Waals surface area contributed by atoms with Gasteiger partial charge in [0.1, 0.15) is 0 Å². The molecule has 0 heterocycles.